The van der Waals surface area contributed by atoms with Crippen molar-refractivity contribution in [1.29, 1.82) is 0 Å². The van der Waals surface area contributed by atoms with E-state index in [1.807, 2.05) is 17.5 Å². The van der Waals surface area contributed by atoms with Gasteiger partial charge in [0.2, 0.25) is 11.8 Å². The van der Waals surface area contributed by atoms with E-state index < -0.39 is 0 Å². The number of hydrogen-bond acceptors (Lipinski definition) is 12. The van der Waals surface area contributed by atoms with Gasteiger partial charge in [0.15, 0.2) is 10.8 Å². The Bertz CT molecular complexity index is 1870. The van der Waals surface area contributed by atoms with Gasteiger partial charge in [-0.1, -0.05) is 0 Å². The van der Waals surface area contributed by atoms with Gasteiger partial charge in [0.05, 0.1) is 29.8 Å². The third kappa shape index (κ3) is 4.99. The summed E-state index contributed by atoms with van der Waals surface area (Å²) in [4.78, 5) is 42.8. The molecule has 2 N–H and O–H groups in total. The molecule has 0 bridgehead atoms. The fourth-order valence-electron chi connectivity index (χ4n) is 5.09. The molecule has 1 aromatic carbocycles. The molecule has 0 spiro atoms. The predicted molar refractivity (Wildman–Crippen MR) is 161 cm³/mol. The topological polar surface area (TPSA) is 140 Å². The maximum absolute atomic E-state index is 13.8. The zero-order chi connectivity index (χ0) is 28.5. The van der Waals surface area contributed by atoms with Gasteiger partial charge in [0.25, 0.3) is 5.56 Å². The van der Waals surface area contributed by atoms with Crippen LogP contribution >= 0.6 is 11.3 Å². The minimum absolute atomic E-state index is 0.314. The van der Waals surface area contributed by atoms with Crippen molar-refractivity contribution in [2.75, 3.05) is 30.4 Å². The van der Waals surface area contributed by atoms with E-state index in [1.54, 1.807) is 18.5 Å². The van der Waals surface area contributed by atoms with Crippen LogP contribution in [-0.2, 0) is 0 Å². The monoisotopic (exact) mass is 578 g/mol. The minimum atomic E-state index is -0.314. The average Bonchev–Trinajstić information content (AvgIpc) is 3.77. The zero-order valence-corrected chi connectivity index (χ0v) is 23.5. The third-order valence-corrected chi connectivity index (χ3v) is 8.07. The number of nitrogens with zero attached hydrogens (tertiary/aromatic N) is 8. The Kier molecular flexibility index (Phi) is 6.85. The number of piperidine rings is 1. The molecule has 5 aromatic heterocycles. The molecule has 6 heterocycles. The molecule has 1 saturated heterocycles. The lowest BCUT2D eigenvalue weighted by Gasteiger charge is -2.33. The van der Waals surface area contributed by atoms with Gasteiger partial charge >= 0.3 is 0 Å². The first kappa shape index (κ1) is 25.9. The summed E-state index contributed by atoms with van der Waals surface area (Å²) in [7, 11) is 2.15. The molecule has 42 heavy (non-hydrogen) atoms. The van der Waals surface area contributed by atoms with E-state index in [1.165, 1.54) is 40.8 Å². The van der Waals surface area contributed by atoms with Crippen LogP contribution in [0.15, 0.2) is 82.2 Å². The Labute approximate surface area is 244 Å². The summed E-state index contributed by atoms with van der Waals surface area (Å²) in [6.07, 6.45) is 11.6. The van der Waals surface area contributed by atoms with E-state index in [0.29, 0.717) is 51.0 Å². The smallest absolute Gasteiger partial charge is 0.268 e. The van der Waals surface area contributed by atoms with Crippen molar-refractivity contribution in [3.8, 4) is 28.0 Å². The van der Waals surface area contributed by atoms with Crippen LogP contribution in [-0.4, -0.2) is 60.6 Å². The lowest BCUT2D eigenvalue weighted by molar-refractivity contribution is 0.443. The van der Waals surface area contributed by atoms with Gasteiger partial charge in [-0.2, -0.15) is 4.98 Å². The first-order valence-corrected chi connectivity index (χ1v) is 14.4. The molecule has 0 aliphatic carbocycles. The second-order valence-corrected chi connectivity index (χ2v) is 10.7. The lowest BCUT2D eigenvalue weighted by Crippen LogP contribution is -2.41. The van der Waals surface area contributed by atoms with E-state index in [9.17, 15) is 4.79 Å². The van der Waals surface area contributed by atoms with Gasteiger partial charge < -0.3 is 20.0 Å². The molecular weight excluding hydrogens is 552 g/mol. The molecule has 0 amide bonds. The number of hydrogen-bond donors (Lipinski definition) is 2. The van der Waals surface area contributed by atoms with Crippen LogP contribution in [0.5, 0.6) is 0 Å². The van der Waals surface area contributed by atoms with Gasteiger partial charge in [-0.05, 0) is 56.3 Å². The SMILES string of the molecule is CN(c1ccc(Nc2ncc3cc(-c4cnc(-c5ncco5)cn4)c(=O)n(-c4nccs4)c3n2)cc1)C1CCNCC1. The molecule has 0 radical (unpaired) electrons. The van der Waals surface area contributed by atoms with Gasteiger partial charge in [0.1, 0.15) is 12.0 Å². The predicted octanol–water partition coefficient (Wildman–Crippen LogP) is 4.28. The highest BCUT2D eigenvalue weighted by molar-refractivity contribution is 7.12. The summed E-state index contributed by atoms with van der Waals surface area (Å²) in [6.45, 7) is 2.09. The largest absolute Gasteiger partial charge is 0.443 e. The minimum Gasteiger partial charge on any atom is -0.443 e. The van der Waals surface area contributed by atoms with Crippen LogP contribution in [0.1, 0.15) is 12.8 Å². The number of aromatic nitrogens is 7. The van der Waals surface area contributed by atoms with Crippen LogP contribution in [0.4, 0.5) is 17.3 Å². The van der Waals surface area contributed by atoms with Crippen molar-refractivity contribution < 1.29 is 4.42 Å². The number of nitrogens with one attached hydrogen (secondary N) is 2. The standard InChI is InChI=1S/C29H26N10O2S/c1-38(21-6-8-30-9-7-21)20-4-2-19(3-5-20)36-28-35-15-18-14-22(23-16-34-24(17-33-23)26-31-10-12-41-26)27(40)39(25(18)37-28)29-32-11-13-42-29/h2-5,10-17,21,30H,6-9H2,1H3,(H,35,36,37). The Morgan fingerprint density at radius 1 is 1.00 bits per heavy atom. The Balaban J connectivity index is 1.21. The number of benzene rings is 1. The van der Waals surface area contributed by atoms with E-state index in [4.69, 9.17) is 9.40 Å². The van der Waals surface area contributed by atoms with Crippen molar-refractivity contribution >= 4 is 39.7 Å². The molecule has 13 heteroatoms. The summed E-state index contributed by atoms with van der Waals surface area (Å²) in [5, 5.41) is 9.66. The molecule has 12 nitrogen and oxygen atoms in total. The number of anilines is 3. The Morgan fingerprint density at radius 3 is 2.52 bits per heavy atom. The van der Waals surface area contributed by atoms with Crippen molar-refractivity contribution in [1.82, 2.24) is 39.8 Å². The van der Waals surface area contributed by atoms with Gasteiger partial charge in [0, 0.05) is 47.6 Å². The van der Waals surface area contributed by atoms with Crippen LogP contribution in [0.25, 0.3) is 39.0 Å². The number of fused-ring (bicyclic) bond motifs is 1. The third-order valence-electron chi connectivity index (χ3n) is 7.32. The summed E-state index contributed by atoms with van der Waals surface area (Å²) >= 11 is 1.34. The van der Waals surface area contributed by atoms with Gasteiger partial charge in [-0.15, -0.1) is 11.3 Å². The number of rotatable bonds is 7. The maximum Gasteiger partial charge on any atom is 0.268 e. The van der Waals surface area contributed by atoms with Crippen molar-refractivity contribution in [3.63, 3.8) is 0 Å². The van der Waals surface area contributed by atoms with Crippen LogP contribution in [0.2, 0.25) is 0 Å². The molecule has 1 aliphatic heterocycles. The van der Waals surface area contributed by atoms with Crippen molar-refractivity contribution in [2.45, 2.75) is 18.9 Å². The first-order valence-electron chi connectivity index (χ1n) is 13.5. The van der Waals surface area contributed by atoms with Crippen molar-refractivity contribution in [3.05, 3.63) is 83.3 Å². The van der Waals surface area contributed by atoms with E-state index >= 15 is 0 Å². The molecule has 6 aromatic rings. The molecule has 1 fully saturated rings. The number of pyridine rings is 1. The van der Waals surface area contributed by atoms with E-state index in [2.05, 4.69) is 59.6 Å². The Morgan fingerprint density at radius 2 is 1.81 bits per heavy atom. The molecule has 1 aliphatic rings. The lowest BCUT2D eigenvalue weighted by atomic mass is 10.0. The maximum atomic E-state index is 13.8. The average molecular weight is 579 g/mol. The molecule has 7 rings (SSSR count). The van der Waals surface area contributed by atoms with Crippen LogP contribution in [0.3, 0.4) is 0 Å². The second-order valence-electron chi connectivity index (χ2n) is 9.87. The first-order chi connectivity index (χ1) is 20.6. The fourth-order valence-corrected chi connectivity index (χ4v) is 5.73. The highest BCUT2D eigenvalue weighted by atomic mass is 32.1. The Hall–Kier alpha value is -5.01. The number of oxazole rings is 1. The molecule has 0 unspecified atom stereocenters. The summed E-state index contributed by atoms with van der Waals surface area (Å²) in [6, 6.07) is 10.5. The summed E-state index contributed by atoms with van der Waals surface area (Å²) < 4.78 is 6.79. The zero-order valence-electron chi connectivity index (χ0n) is 22.6. The van der Waals surface area contributed by atoms with Crippen LogP contribution < -0.4 is 21.1 Å². The fraction of sp³-hybridized carbons (Fsp3) is 0.207. The molecular formula is C29H26N10O2S. The van der Waals surface area contributed by atoms with E-state index in [0.717, 1.165) is 37.3 Å². The number of thiazole rings is 1. The second kappa shape index (κ2) is 11.1. The van der Waals surface area contributed by atoms with Gasteiger partial charge in [-0.25, -0.2) is 24.5 Å². The van der Waals surface area contributed by atoms with Gasteiger partial charge in [-0.3, -0.25) is 9.78 Å². The summed E-state index contributed by atoms with van der Waals surface area (Å²) in [5.41, 5.74) is 3.34. The quantitative estimate of drug-likeness (QED) is 0.280. The molecule has 0 saturated carbocycles. The molecule has 210 valence electrons. The van der Waals surface area contributed by atoms with Crippen LogP contribution in [0, 0.1) is 0 Å². The normalized spacial score (nSPS) is 13.8. The molecule has 0 atom stereocenters. The highest BCUT2D eigenvalue weighted by Crippen LogP contribution is 2.26. The summed E-state index contributed by atoms with van der Waals surface area (Å²) in [5.74, 6) is 0.721. The van der Waals surface area contributed by atoms with E-state index in [-0.39, 0.29) is 5.56 Å². The highest BCUT2D eigenvalue weighted by Gasteiger charge is 2.19. The van der Waals surface area contributed by atoms with Crippen molar-refractivity contribution in [2.24, 2.45) is 0 Å².